The minimum absolute atomic E-state index is 0.572. The van der Waals surface area contributed by atoms with Gasteiger partial charge in [0.15, 0.2) is 34.9 Å². The molecule has 8 aromatic heterocycles. The van der Waals surface area contributed by atoms with Crippen molar-refractivity contribution in [1.29, 1.82) is 0 Å². The number of hydrogen-bond donors (Lipinski definition) is 0. The highest BCUT2D eigenvalue weighted by atomic mass is 32.1. The Labute approximate surface area is 588 Å². The molecule has 0 aliphatic heterocycles. The molecule has 102 heavy (non-hydrogen) atoms. The number of furan rings is 2. The van der Waals surface area contributed by atoms with Gasteiger partial charge in [0.25, 0.3) is 0 Å². The van der Waals surface area contributed by atoms with Gasteiger partial charge in [-0.2, -0.15) is 0 Å². The van der Waals surface area contributed by atoms with Crippen molar-refractivity contribution in [3.63, 3.8) is 0 Å². The molecule has 10 nitrogen and oxygen atoms in total. The fourth-order valence-corrected chi connectivity index (χ4v) is 18.2. The minimum Gasteiger partial charge on any atom is -0.456 e. The fourth-order valence-electron chi connectivity index (χ4n) is 15.6. The van der Waals surface area contributed by atoms with Gasteiger partial charge in [0.1, 0.15) is 22.3 Å². The quantitative estimate of drug-likeness (QED) is 0.140. The monoisotopic (exact) mass is 1340 g/mol. The van der Waals surface area contributed by atoms with Gasteiger partial charge >= 0.3 is 0 Å². The summed E-state index contributed by atoms with van der Waals surface area (Å²) in [7, 11) is 0. The van der Waals surface area contributed by atoms with Crippen LogP contribution in [-0.2, 0) is 0 Å². The first kappa shape index (κ1) is 56.7. The molecule has 0 fully saturated rings. The van der Waals surface area contributed by atoms with Crippen LogP contribution in [0.5, 0.6) is 0 Å². The highest BCUT2D eigenvalue weighted by Crippen LogP contribution is 2.49. The van der Waals surface area contributed by atoms with E-state index in [-0.39, 0.29) is 0 Å². The van der Waals surface area contributed by atoms with Crippen LogP contribution in [0.2, 0.25) is 0 Å². The third-order valence-electron chi connectivity index (χ3n) is 20.2. The second-order valence-corrected chi connectivity index (χ2v) is 28.1. The summed E-state index contributed by atoms with van der Waals surface area (Å²) in [4.78, 5) is 31.7. The van der Waals surface area contributed by atoms with E-state index in [4.69, 9.17) is 38.7 Å². The molecule has 12 heteroatoms. The molecular weight excluding hydrogens is 1290 g/mol. The first-order chi connectivity index (χ1) is 50.5. The van der Waals surface area contributed by atoms with Crippen molar-refractivity contribution in [2.24, 2.45) is 0 Å². The van der Waals surface area contributed by atoms with Gasteiger partial charge in [-0.25, -0.2) is 29.9 Å². The van der Waals surface area contributed by atoms with Gasteiger partial charge in [-0.3, -0.25) is 0 Å². The Bertz CT molecular complexity index is 7160. The van der Waals surface area contributed by atoms with E-state index < -0.39 is 0 Å². The topological polar surface area (TPSA) is 113 Å². The van der Waals surface area contributed by atoms with Crippen molar-refractivity contribution in [2.75, 3.05) is 0 Å². The standard InChI is InChI=1S/C90H50N8O2S2/c1-3-18-52(19-4-1)85-91-87(95-90(93-85)67-31-17-29-65-81-78(101-83(65)67)47-46-76-79(81)68-49-57(40-43-74(68)99-76)97-70-32-11-7-24-59(70)60-25-8-12-33-71(60)97)54-38-36-51(37-39-54)55-22-15-23-56(48-55)88-92-86(53-20-5-2-6-21-53)94-89(96-88)66-30-16-28-63-64-42-45-77-80(84(64)102-82(63)66)69-50-58(41-44-75(69)100-77)98-72-34-13-9-26-61(72)62-27-10-14-35-73(62)98/h1-50H. The molecule has 0 unspecified atom stereocenters. The predicted octanol–water partition coefficient (Wildman–Crippen LogP) is 24.5. The van der Waals surface area contributed by atoms with Gasteiger partial charge < -0.3 is 18.0 Å². The van der Waals surface area contributed by atoms with E-state index >= 15 is 0 Å². The van der Waals surface area contributed by atoms with Crippen molar-refractivity contribution >= 4 is 151 Å². The molecule has 14 aromatic carbocycles. The molecule has 0 aliphatic rings. The summed E-state index contributed by atoms with van der Waals surface area (Å²) in [6.07, 6.45) is 0. The molecule has 0 aliphatic carbocycles. The number of hydrogen-bond acceptors (Lipinski definition) is 10. The molecular formula is C90H50N8O2S2. The van der Waals surface area contributed by atoms with Crippen LogP contribution in [-0.4, -0.2) is 39.0 Å². The van der Waals surface area contributed by atoms with Gasteiger partial charge in [-0.05, 0) is 114 Å². The van der Waals surface area contributed by atoms with Crippen LogP contribution in [0.1, 0.15) is 0 Å². The van der Waals surface area contributed by atoms with Crippen LogP contribution in [0.3, 0.4) is 0 Å². The molecule has 0 radical (unpaired) electrons. The minimum atomic E-state index is 0.572. The van der Waals surface area contributed by atoms with Gasteiger partial charge in [0.05, 0.1) is 22.1 Å². The first-order valence-corrected chi connectivity index (χ1v) is 35.6. The molecule has 0 saturated carbocycles. The normalized spacial score (nSPS) is 12.1. The van der Waals surface area contributed by atoms with Crippen molar-refractivity contribution < 1.29 is 8.83 Å². The van der Waals surface area contributed by atoms with E-state index in [1.807, 2.05) is 36.4 Å². The largest absolute Gasteiger partial charge is 0.456 e. The summed E-state index contributed by atoms with van der Waals surface area (Å²) in [5.74, 6) is 3.52. The van der Waals surface area contributed by atoms with Crippen molar-refractivity contribution in [3.8, 4) is 90.8 Å². The molecule has 0 atom stereocenters. The van der Waals surface area contributed by atoms with Crippen molar-refractivity contribution in [1.82, 2.24) is 39.0 Å². The van der Waals surface area contributed by atoms with Gasteiger partial charge in [-0.15, -0.1) is 22.7 Å². The zero-order valence-electron chi connectivity index (χ0n) is 54.1. The smallest absolute Gasteiger partial charge is 0.165 e. The third kappa shape index (κ3) is 8.70. The highest BCUT2D eigenvalue weighted by molar-refractivity contribution is 7.27. The van der Waals surface area contributed by atoms with Crippen LogP contribution >= 0.6 is 22.7 Å². The molecule has 0 amide bonds. The molecule has 0 bridgehead atoms. The molecule has 474 valence electrons. The van der Waals surface area contributed by atoms with Crippen LogP contribution in [0.15, 0.2) is 312 Å². The number of fused-ring (bicyclic) bond motifs is 20. The summed E-state index contributed by atoms with van der Waals surface area (Å²) < 4.78 is 22.6. The summed E-state index contributed by atoms with van der Waals surface area (Å²) >= 11 is 3.52. The summed E-state index contributed by atoms with van der Waals surface area (Å²) in [5, 5.41) is 13.8. The van der Waals surface area contributed by atoms with E-state index in [0.717, 1.165) is 162 Å². The van der Waals surface area contributed by atoms with E-state index in [2.05, 4.69) is 276 Å². The Morgan fingerprint density at radius 2 is 0.618 bits per heavy atom. The lowest BCUT2D eigenvalue weighted by Crippen LogP contribution is -2.00. The number of aromatic nitrogens is 8. The van der Waals surface area contributed by atoms with Crippen LogP contribution in [0.4, 0.5) is 0 Å². The Kier molecular flexibility index (Phi) is 12.3. The van der Waals surface area contributed by atoms with Crippen LogP contribution in [0, 0.1) is 0 Å². The molecule has 0 spiro atoms. The van der Waals surface area contributed by atoms with Gasteiger partial charge in [0.2, 0.25) is 0 Å². The maximum Gasteiger partial charge on any atom is 0.165 e. The van der Waals surface area contributed by atoms with Crippen molar-refractivity contribution in [2.45, 2.75) is 0 Å². The lowest BCUT2D eigenvalue weighted by atomic mass is 10.0. The third-order valence-corrected chi connectivity index (χ3v) is 22.7. The summed E-state index contributed by atoms with van der Waals surface area (Å²) in [6.45, 7) is 0. The van der Waals surface area contributed by atoms with Gasteiger partial charge in [0, 0.05) is 128 Å². The maximum atomic E-state index is 6.68. The zero-order chi connectivity index (χ0) is 66.7. The second kappa shape index (κ2) is 22.1. The SMILES string of the molecule is c1ccc(-c2nc(-c3cccc(-c4ccc(-c5nc(-c6ccccc6)nc(-c6cccc7c6sc6ccc8oc9ccc(-n%10c%11ccccc%11c%11ccccc%11%10)cc9c8c67)n5)cc4)c3)nc(-c3cccc4c3sc3c4ccc4oc5ccc(-n6c7ccccc7c7ccccc76)cc5c43)n2)cc1. The Hall–Kier alpha value is -13.3. The van der Waals surface area contributed by atoms with Crippen LogP contribution in [0.25, 0.3) is 219 Å². The molecule has 22 rings (SSSR count). The second-order valence-electron chi connectivity index (χ2n) is 26.0. The summed E-state index contributed by atoms with van der Waals surface area (Å²) in [5.41, 5.74) is 17.6. The zero-order valence-corrected chi connectivity index (χ0v) is 55.7. The van der Waals surface area contributed by atoms with E-state index in [9.17, 15) is 0 Å². The van der Waals surface area contributed by atoms with E-state index in [1.54, 1.807) is 22.7 Å². The lowest BCUT2D eigenvalue weighted by molar-refractivity contribution is 0.669. The average Bonchev–Trinajstić information content (AvgIpc) is 1.57. The van der Waals surface area contributed by atoms with Gasteiger partial charge in [-0.1, -0.05) is 200 Å². The lowest BCUT2D eigenvalue weighted by Gasteiger charge is -2.11. The maximum absolute atomic E-state index is 6.68. The average molecular weight is 1340 g/mol. The number of para-hydroxylation sites is 4. The molecule has 22 aromatic rings. The van der Waals surface area contributed by atoms with E-state index in [0.29, 0.717) is 34.9 Å². The highest BCUT2D eigenvalue weighted by Gasteiger charge is 2.25. The predicted molar refractivity (Wildman–Crippen MR) is 420 cm³/mol. The molecule has 0 saturated heterocycles. The Balaban J connectivity index is 0.629. The Morgan fingerprint density at radius 1 is 0.225 bits per heavy atom. The molecule has 8 heterocycles. The summed E-state index contributed by atoms with van der Waals surface area (Å²) in [6, 6.07) is 107. The number of thiophene rings is 2. The van der Waals surface area contributed by atoms with Crippen LogP contribution < -0.4 is 0 Å². The fraction of sp³-hybridized carbons (Fsp3) is 0. The Morgan fingerprint density at radius 3 is 1.18 bits per heavy atom. The number of nitrogens with zero attached hydrogens (tertiary/aromatic N) is 8. The first-order valence-electron chi connectivity index (χ1n) is 34.0. The van der Waals surface area contributed by atoms with E-state index in [1.165, 1.54) is 21.5 Å². The number of benzene rings is 14. The van der Waals surface area contributed by atoms with Crippen molar-refractivity contribution in [3.05, 3.63) is 303 Å². The number of rotatable bonds is 9. The molecule has 0 N–H and O–H groups in total.